The van der Waals surface area contributed by atoms with E-state index in [1.165, 1.54) is 33.4 Å². The fraction of sp³-hybridized carbons (Fsp3) is 0.217. The molecule has 0 fully saturated rings. The van der Waals surface area contributed by atoms with Gasteiger partial charge in [-0.05, 0) is 60.6 Å². The Morgan fingerprint density at radius 3 is 2.35 bits per heavy atom. The van der Waals surface area contributed by atoms with Gasteiger partial charge in [0.1, 0.15) is 0 Å². The molecular formula is C23H26. The van der Waals surface area contributed by atoms with E-state index >= 15 is 0 Å². The fourth-order valence-electron chi connectivity index (χ4n) is 2.48. The van der Waals surface area contributed by atoms with Gasteiger partial charge in [0.2, 0.25) is 0 Å². The SMILES string of the molecule is C=C(/C(C)=C/C)c1cc(CC)ccc1/C=C/c1ccc(C)cc1. The van der Waals surface area contributed by atoms with Crippen molar-refractivity contribution in [3.8, 4) is 0 Å². The van der Waals surface area contributed by atoms with Gasteiger partial charge in [0.25, 0.3) is 0 Å². The highest BCUT2D eigenvalue weighted by Crippen LogP contribution is 2.27. The summed E-state index contributed by atoms with van der Waals surface area (Å²) in [7, 11) is 0. The van der Waals surface area contributed by atoms with Crippen molar-refractivity contribution in [2.75, 3.05) is 0 Å². The zero-order valence-electron chi connectivity index (χ0n) is 14.7. The van der Waals surface area contributed by atoms with E-state index in [4.69, 9.17) is 0 Å². The Morgan fingerprint density at radius 1 is 1.04 bits per heavy atom. The summed E-state index contributed by atoms with van der Waals surface area (Å²) in [5.41, 5.74) is 8.62. The smallest absolute Gasteiger partial charge is 0.0112 e. The zero-order chi connectivity index (χ0) is 16.8. The van der Waals surface area contributed by atoms with Crippen LogP contribution < -0.4 is 0 Å². The van der Waals surface area contributed by atoms with Crippen LogP contribution in [0.3, 0.4) is 0 Å². The summed E-state index contributed by atoms with van der Waals surface area (Å²) in [6.45, 7) is 12.8. The Bertz CT molecular complexity index is 740. The van der Waals surface area contributed by atoms with E-state index in [0.717, 1.165) is 12.0 Å². The van der Waals surface area contributed by atoms with Gasteiger partial charge in [-0.15, -0.1) is 0 Å². The lowest BCUT2D eigenvalue weighted by molar-refractivity contribution is 1.14. The van der Waals surface area contributed by atoms with Crippen LogP contribution in [-0.2, 0) is 6.42 Å². The largest absolute Gasteiger partial charge is 0.0909 e. The molecule has 0 unspecified atom stereocenters. The van der Waals surface area contributed by atoms with Crippen LogP contribution in [0.25, 0.3) is 17.7 Å². The minimum Gasteiger partial charge on any atom is -0.0909 e. The number of benzene rings is 2. The van der Waals surface area contributed by atoms with Crippen molar-refractivity contribution in [1.29, 1.82) is 0 Å². The summed E-state index contributed by atoms with van der Waals surface area (Å²) >= 11 is 0. The van der Waals surface area contributed by atoms with Gasteiger partial charge >= 0.3 is 0 Å². The first-order valence-corrected chi connectivity index (χ1v) is 8.25. The second kappa shape index (κ2) is 7.78. The van der Waals surface area contributed by atoms with Crippen LogP contribution in [0.2, 0.25) is 0 Å². The molecule has 0 aliphatic carbocycles. The molecule has 23 heavy (non-hydrogen) atoms. The quantitative estimate of drug-likeness (QED) is 0.425. The lowest BCUT2D eigenvalue weighted by Crippen LogP contribution is -1.92. The number of aryl methyl sites for hydroxylation is 2. The predicted molar refractivity (Wildman–Crippen MR) is 104 cm³/mol. The van der Waals surface area contributed by atoms with Crippen LogP contribution in [0.1, 0.15) is 48.6 Å². The molecule has 0 amide bonds. The first-order valence-electron chi connectivity index (χ1n) is 8.25. The molecule has 0 N–H and O–H groups in total. The maximum atomic E-state index is 4.30. The molecule has 0 nitrogen and oxygen atoms in total. The van der Waals surface area contributed by atoms with Gasteiger partial charge in [-0.3, -0.25) is 0 Å². The molecule has 0 spiro atoms. The molecule has 0 heteroatoms. The molecule has 2 aromatic rings. The van der Waals surface area contributed by atoms with Crippen LogP contribution in [0.5, 0.6) is 0 Å². The Kier molecular flexibility index (Phi) is 5.76. The van der Waals surface area contributed by atoms with Crippen molar-refractivity contribution in [1.82, 2.24) is 0 Å². The molecule has 0 atom stereocenters. The summed E-state index contributed by atoms with van der Waals surface area (Å²) in [6, 6.07) is 15.3. The third kappa shape index (κ3) is 4.32. The van der Waals surface area contributed by atoms with E-state index in [0.29, 0.717) is 0 Å². The van der Waals surface area contributed by atoms with Crippen LogP contribution in [-0.4, -0.2) is 0 Å². The average Bonchev–Trinajstić information content (AvgIpc) is 2.59. The van der Waals surface area contributed by atoms with Gasteiger partial charge in [-0.1, -0.05) is 79.8 Å². The van der Waals surface area contributed by atoms with E-state index in [1.54, 1.807) is 0 Å². The van der Waals surface area contributed by atoms with Crippen LogP contribution in [0, 0.1) is 6.92 Å². The summed E-state index contributed by atoms with van der Waals surface area (Å²) in [5, 5.41) is 0. The number of hydrogen-bond donors (Lipinski definition) is 0. The third-order valence-electron chi connectivity index (χ3n) is 4.29. The molecule has 118 valence electrons. The Balaban J connectivity index is 2.41. The lowest BCUT2D eigenvalue weighted by Gasteiger charge is -2.12. The second-order valence-electron chi connectivity index (χ2n) is 5.97. The molecule has 0 aliphatic heterocycles. The van der Waals surface area contributed by atoms with Crippen molar-refractivity contribution in [2.24, 2.45) is 0 Å². The third-order valence-corrected chi connectivity index (χ3v) is 4.29. The monoisotopic (exact) mass is 302 g/mol. The maximum absolute atomic E-state index is 4.30. The highest BCUT2D eigenvalue weighted by atomic mass is 14.1. The van der Waals surface area contributed by atoms with Crippen molar-refractivity contribution in [3.63, 3.8) is 0 Å². The lowest BCUT2D eigenvalue weighted by atomic mass is 9.93. The summed E-state index contributed by atoms with van der Waals surface area (Å²) in [6.07, 6.45) is 7.52. The van der Waals surface area contributed by atoms with E-state index in [-0.39, 0.29) is 0 Å². The molecule has 0 radical (unpaired) electrons. The maximum Gasteiger partial charge on any atom is -0.0112 e. The Morgan fingerprint density at radius 2 is 1.74 bits per heavy atom. The van der Waals surface area contributed by atoms with Gasteiger partial charge in [0.05, 0.1) is 0 Å². The molecule has 0 saturated heterocycles. The minimum absolute atomic E-state index is 1.04. The number of rotatable bonds is 5. The highest BCUT2D eigenvalue weighted by Gasteiger charge is 2.06. The van der Waals surface area contributed by atoms with Crippen molar-refractivity contribution < 1.29 is 0 Å². The molecule has 0 bridgehead atoms. The summed E-state index contributed by atoms with van der Waals surface area (Å²) < 4.78 is 0. The minimum atomic E-state index is 1.04. The average molecular weight is 302 g/mol. The standard InChI is InChI=1S/C23H26/c1-6-18(4)19(5)23-16-20(7-2)12-14-22(23)15-13-21-10-8-17(3)9-11-21/h6,8-16H,5,7H2,1-4H3/b15-13+,18-6+. The Labute approximate surface area is 140 Å². The molecule has 0 heterocycles. The van der Waals surface area contributed by atoms with Gasteiger partial charge in [0, 0.05) is 0 Å². The molecule has 0 aromatic heterocycles. The molecule has 0 saturated carbocycles. The van der Waals surface area contributed by atoms with Crippen molar-refractivity contribution in [2.45, 2.75) is 34.1 Å². The van der Waals surface area contributed by atoms with Crippen LogP contribution in [0.15, 0.2) is 60.7 Å². The molecular weight excluding hydrogens is 276 g/mol. The van der Waals surface area contributed by atoms with Crippen molar-refractivity contribution in [3.05, 3.63) is 88.5 Å². The van der Waals surface area contributed by atoms with E-state index in [9.17, 15) is 0 Å². The molecule has 2 aromatic carbocycles. The summed E-state index contributed by atoms with van der Waals surface area (Å²) in [5.74, 6) is 0. The van der Waals surface area contributed by atoms with E-state index in [1.807, 2.05) is 0 Å². The second-order valence-corrected chi connectivity index (χ2v) is 5.97. The van der Waals surface area contributed by atoms with E-state index in [2.05, 4.69) is 95.0 Å². The predicted octanol–water partition coefficient (Wildman–Crippen LogP) is 6.71. The van der Waals surface area contributed by atoms with Gasteiger partial charge < -0.3 is 0 Å². The zero-order valence-corrected chi connectivity index (χ0v) is 14.7. The van der Waals surface area contributed by atoms with Crippen molar-refractivity contribution >= 4 is 17.7 Å². The first-order chi connectivity index (χ1) is 11.0. The van der Waals surface area contributed by atoms with Gasteiger partial charge in [-0.2, -0.15) is 0 Å². The number of allylic oxidation sites excluding steroid dienone is 3. The topological polar surface area (TPSA) is 0 Å². The van der Waals surface area contributed by atoms with Crippen LogP contribution in [0.4, 0.5) is 0 Å². The van der Waals surface area contributed by atoms with Crippen LogP contribution >= 0.6 is 0 Å². The number of hydrogen-bond acceptors (Lipinski definition) is 0. The fourth-order valence-corrected chi connectivity index (χ4v) is 2.48. The molecule has 0 aliphatic rings. The Hall–Kier alpha value is -2.34. The molecule has 2 rings (SSSR count). The summed E-state index contributed by atoms with van der Waals surface area (Å²) in [4.78, 5) is 0. The van der Waals surface area contributed by atoms with E-state index < -0.39 is 0 Å². The van der Waals surface area contributed by atoms with Gasteiger partial charge in [0.15, 0.2) is 0 Å². The van der Waals surface area contributed by atoms with Gasteiger partial charge in [-0.25, -0.2) is 0 Å². The normalized spacial score (nSPS) is 11.9. The highest BCUT2D eigenvalue weighted by molar-refractivity contribution is 5.85. The first kappa shape index (κ1) is 17.0.